The summed E-state index contributed by atoms with van der Waals surface area (Å²) in [6.07, 6.45) is 12.2. The molecule has 5 heteroatoms. The van der Waals surface area contributed by atoms with Crippen LogP contribution in [0.25, 0.3) is 11.2 Å². The van der Waals surface area contributed by atoms with Gasteiger partial charge in [-0.25, -0.2) is 15.0 Å². The van der Waals surface area contributed by atoms with E-state index in [1.807, 2.05) is 6.33 Å². The first-order chi connectivity index (χ1) is 9.77. The molecule has 0 aromatic carbocycles. The number of rotatable bonds is 8. The molecule has 5 nitrogen and oxygen atoms in total. The van der Waals surface area contributed by atoms with E-state index in [1.54, 1.807) is 0 Å². The van der Waals surface area contributed by atoms with E-state index in [9.17, 15) is 0 Å². The predicted molar refractivity (Wildman–Crippen MR) is 82.4 cm³/mol. The first-order valence-corrected chi connectivity index (χ1v) is 7.70. The van der Waals surface area contributed by atoms with Crippen LogP contribution in [-0.2, 0) is 0 Å². The second-order valence-electron chi connectivity index (χ2n) is 5.35. The van der Waals surface area contributed by atoms with Gasteiger partial charge in [0.2, 0.25) is 0 Å². The van der Waals surface area contributed by atoms with Gasteiger partial charge in [0.25, 0.3) is 0 Å². The molecule has 0 radical (unpaired) electrons. The largest absolute Gasteiger partial charge is 0.382 e. The highest BCUT2D eigenvalue weighted by Crippen LogP contribution is 2.25. The smallest absolute Gasteiger partial charge is 0.165 e. The minimum atomic E-state index is 0.455. The molecule has 0 spiro atoms. The molecule has 2 aromatic rings. The summed E-state index contributed by atoms with van der Waals surface area (Å²) >= 11 is 0. The Balaban J connectivity index is 2.04. The van der Waals surface area contributed by atoms with Crippen molar-refractivity contribution in [2.75, 3.05) is 5.73 Å². The van der Waals surface area contributed by atoms with E-state index < -0.39 is 0 Å². The van der Waals surface area contributed by atoms with Crippen molar-refractivity contribution in [2.24, 2.45) is 0 Å². The number of nitrogen functional groups attached to an aromatic ring is 1. The van der Waals surface area contributed by atoms with Crippen LogP contribution in [0.5, 0.6) is 0 Å². The summed E-state index contributed by atoms with van der Waals surface area (Å²) in [7, 11) is 0. The van der Waals surface area contributed by atoms with E-state index in [0.717, 1.165) is 17.6 Å². The van der Waals surface area contributed by atoms with Crippen LogP contribution in [0.1, 0.15) is 64.8 Å². The van der Waals surface area contributed by atoms with Crippen LogP contribution in [0.2, 0.25) is 0 Å². The van der Waals surface area contributed by atoms with Gasteiger partial charge in [0, 0.05) is 6.04 Å². The fourth-order valence-corrected chi connectivity index (χ4v) is 2.66. The van der Waals surface area contributed by atoms with Crippen molar-refractivity contribution < 1.29 is 0 Å². The Morgan fingerprint density at radius 3 is 2.65 bits per heavy atom. The number of anilines is 1. The van der Waals surface area contributed by atoms with E-state index in [2.05, 4.69) is 33.4 Å². The van der Waals surface area contributed by atoms with Crippen LogP contribution >= 0.6 is 0 Å². The topological polar surface area (TPSA) is 69.6 Å². The fraction of sp³-hybridized carbons (Fsp3) is 0.667. The Kier molecular flexibility index (Phi) is 5.32. The van der Waals surface area contributed by atoms with Crippen molar-refractivity contribution in [1.82, 2.24) is 19.5 Å². The minimum Gasteiger partial charge on any atom is -0.382 e. The Morgan fingerprint density at radius 2 is 1.90 bits per heavy atom. The summed E-state index contributed by atoms with van der Waals surface area (Å²) < 4.78 is 2.16. The van der Waals surface area contributed by atoms with Crippen molar-refractivity contribution in [3.05, 3.63) is 12.7 Å². The molecule has 1 unspecified atom stereocenters. The van der Waals surface area contributed by atoms with E-state index >= 15 is 0 Å². The van der Waals surface area contributed by atoms with Crippen LogP contribution in [-0.4, -0.2) is 19.5 Å². The zero-order valence-corrected chi connectivity index (χ0v) is 12.5. The van der Waals surface area contributed by atoms with Crippen LogP contribution in [0.3, 0.4) is 0 Å². The van der Waals surface area contributed by atoms with Crippen molar-refractivity contribution in [3.63, 3.8) is 0 Å². The maximum Gasteiger partial charge on any atom is 0.165 e. The summed E-state index contributed by atoms with van der Waals surface area (Å²) in [6, 6.07) is 0.455. The zero-order valence-electron chi connectivity index (χ0n) is 12.5. The summed E-state index contributed by atoms with van der Waals surface area (Å²) in [5, 5.41) is 0. The van der Waals surface area contributed by atoms with Gasteiger partial charge in [-0.1, -0.05) is 46.0 Å². The number of nitrogens with zero attached hydrogens (tertiary/aromatic N) is 4. The molecule has 110 valence electrons. The lowest BCUT2D eigenvalue weighted by Gasteiger charge is -2.17. The molecule has 0 bridgehead atoms. The molecule has 2 rings (SSSR count). The van der Waals surface area contributed by atoms with Crippen molar-refractivity contribution >= 4 is 17.0 Å². The monoisotopic (exact) mass is 275 g/mol. The van der Waals surface area contributed by atoms with Crippen LogP contribution < -0.4 is 5.73 Å². The van der Waals surface area contributed by atoms with E-state index in [1.165, 1.54) is 44.9 Å². The van der Waals surface area contributed by atoms with Gasteiger partial charge < -0.3 is 10.3 Å². The summed E-state index contributed by atoms with van der Waals surface area (Å²) in [4.78, 5) is 12.7. The SMILES string of the molecule is CCCCCCCC(CC)n1cnc2c(N)ncnc21. The maximum absolute atomic E-state index is 5.84. The van der Waals surface area contributed by atoms with Crippen molar-refractivity contribution in [2.45, 2.75) is 64.8 Å². The summed E-state index contributed by atoms with van der Waals surface area (Å²) in [5.74, 6) is 0.464. The number of hydrogen-bond acceptors (Lipinski definition) is 4. The molecule has 2 aromatic heterocycles. The molecule has 0 saturated carbocycles. The molecule has 0 aliphatic carbocycles. The van der Waals surface area contributed by atoms with E-state index in [-0.39, 0.29) is 0 Å². The molecule has 0 saturated heterocycles. The van der Waals surface area contributed by atoms with Crippen LogP contribution in [0.4, 0.5) is 5.82 Å². The van der Waals surface area contributed by atoms with Gasteiger partial charge in [0.05, 0.1) is 6.33 Å². The average Bonchev–Trinajstić information content (AvgIpc) is 2.88. The summed E-state index contributed by atoms with van der Waals surface area (Å²) in [5.41, 5.74) is 7.42. The number of aromatic nitrogens is 4. The quantitative estimate of drug-likeness (QED) is 0.745. The van der Waals surface area contributed by atoms with Gasteiger partial charge in [-0.15, -0.1) is 0 Å². The average molecular weight is 275 g/mol. The second-order valence-corrected chi connectivity index (χ2v) is 5.35. The van der Waals surface area contributed by atoms with Gasteiger partial charge in [0.15, 0.2) is 11.5 Å². The molecule has 2 N–H and O–H groups in total. The second kappa shape index (κ2) is 7.22. The van der Waals surface area contributed by atoms with Gasteiger partial charge in [-0.05, 0) is 12.8 Å². The lowest BCUT2D eigenvalue weighted by atomic mass is 10.0. The van der Waals surface area contributed by atoms with E-state index in [0.29, 0.717) is 11.9 Å². The molecule has 0 aliphatic rings. The lowest BCUT2D eigenvalue weighted by Crippen LogP contribution is -2.08. The molecular formula is C15H25N5. The molecule has 0 aliphatic heterocycles. The maximum atomic E-state index is 5.84. The Hall–Kier alpha value is -1.65. The summed E-state index contributed by atoms with van der Waals surface area (Å²) in [6.45, 7) is 4.46. The highest BCUT2D eigenvalue weighted by atomic mass is 15.1. The van der Waals surface area contributed by atoms with Crippen molar-refractivity contribution in [1.29, 1.82) is 0 Å². The standard InChI is InChI=1S/C15H25N5/c1-3-5-6-7-8-9-12(4-2)20-11-19-13-14(16)17-10-18-15(13)20/h10-12H,3-9H2,1-2H3,(H2,16,17,18). The van der Waals surface area contributed by atoms with Crippen LogP contribution in [0.15, 0.2) is 12.7 Å². The first-order valence-electron chi connectivity index (χ1n) is 7.70. The van der Waals surface area contributed by atoms with Crippen LogP contribution in [0, 0.1) is 0 Å². The third-order valence-electron chi connectivity index (χ3n) is 3.89. The highest BCUT2D eigenvalue weighted by molar-refractivity contribution is 5.81. The zero-order chi connectivity index (χ0) is 14.4. The Bertz CT molecular complexity index is 534. The minimum absolute atomic E-state index is 0.455. The third kappa shape index (κ3) is 3.26. The van der Waals surface area contributed by atoms with Crippen molar-refractivity contribution in [3.8, 4) is 0 Å². The van der Waals surface area contributed by atoms with Gasteiger partial charge in [0.1, 0.15) is 11.8 Å². The molecule has 20 heavy (non-hydrogen) atoms. The molecule has 0 amide bonds. The number of fused-ring (bicyclic) bond motifs is 1. The third-order valence-corrected chi connectivity index (χ3v) is 3.89. The number of hydrogen-bond donors (Lipinski definition) is 1. The lowest BCUT2D eigenvalue weighted by molar-refractivity contribution is 0.433. The molecular weight excluding hydrogens is 250 g/mol. The normalized spacial score (nSPS) is 12.9. The van der Waals surface area contributed by atoms with E-state index in [4.69, 9.17) is 5.73 Å². The van der Waals surface area contributed by atoms with Gasteiger partial charge >= 0.3 is 0 Å². The fourth-order valence-electron chi connectivity index (χ4n) is 2.66. The first kappa shape index (κ1) is 14.8. The highest BCUT2D eigenvalue weighted by Gasteiger charge is 2.14. The Morgan fingerprint density at radius 1 is 1.10 bits per heavy atom. The van der Waals surface area contributed by atoms with Gasteiger partial charge in [-0.3, -0.25) is 0 Å². The number of unbranched alkanes of at least 4 members (excludes halogenated alkanes) is 4. The molecule has 0 fully saturated rings. The molecule has 2 heterocycles. The molecule has 1 atom stereocenters. The number of nitrogens with two attached hydrogens (primary N) is 1. The predicted octanol–water partition coefficient (Wildman–Crippen LogP) is 3.72. The number of imidazole rings is 1. The Labute approximate surface area is 120 Å². The van der Waals surface area contributed by atoms with Gasteiger partial charge in [-0.2, -0.15) is 0 Å².